The van der Waals surface area contributed by atoms with Gasteiger partial charge in [-0.05, 0) is 13.8 Å². The van der Waals surface area contributed by atoms with Crippen molar-refractivity contribution in [3.8, 4) is 0 Å². The van der Waals surface area contributed by atoms with E-state index in [1.807, 2.05) is 0 Å². The van der Waals surface area contributed by atoms with E-state index in [0.29, 0.717) is 0 Å². The molecule has 0 aromatic heterocycles. The number of nitro groups is 1. The largest absolute Gasteiger partial charge is 0.481 e. The second-order valence-corrected chi connectivity index (χ2v) is 5.29. The molecule has 0 heterocycles. The molecule has 1 atom stereocenters. The van der Waals surface area contributed by atoms with Crippen LogP contribution < -0.4 is 0 Å². The van der Waals surface area contributed by atoms with Crippen LogP contribution in [-0.4, -0.2) is 41.4 Å². The molecule has 1 N–H and O–H groups in total. The van der Waals surface area contributed by atoms with Crippen LogP contribution in [0.5, 0.6) is 0 Å². The first kappa shape index (κ1) is 16.0. The lowest BCUT2D eigenvalue weighted by atomic mass is 10.3. The first-order valence-electron chi connectivity index (χ1n) is 5.10. The van der Waals surface area contributed by atoms with Crippen LogP contribution in [0.3, 0.4) is 0 Å². The van der Waals surface area contributed by atoms with Gasteiger partial charge in [-0.25, -0.2) is 0 Å². The molecular weight excluding hydrogens is 253 g/mol. The van der Waals surface area contributed by atoms with Gasteiger partial charge in [-0.15, -0.1) is 0 Å². The molecule has 0 aliphatic carbocycles. The second-order valence-electron chi connectivity index (χ2n) is 3.07. The Morgan fingerprint density at radius 2 is 1.88 bits per heavy atom. The van der Waals surface area contributed by atoms with Crippen molar-refractivity contribution in [2.24, 2.45) is 0 Å². The van der Waals surface area contributed by atoms with Crippen molar-refractivity contribution in [3.63, 3.8) is 0 Å². The first-order chi connectivity index (χ1) is 7.87. The fraction of sp³-hybridized carbons (Fsp3) is 0.875. The van der Waals surface area contributed by atoms with Gasteiger partial charge < -0.3 is 14.2 Å². The highest BCUT2D eigenvalue weighted by atomic mass is 31.2. The van der Waals surface area contributed by atoms with Crippen molar-refractivity contribution in [2.75, 3.05) is 19.8 Å². The third-order valence-electron chi connectivity index (χ3n) is 1.87. The molecule has 9 heteroatoms. The molecule has 100 valence electrons. The maximum absolute atomic E-state index is 12.1. The van der Waals surface area contributed by atoms with E-state index in [4.69, 9.17) is 14.2 Å². The Hall–Kier alpha value is -0.980. The van der Waals surface area contributed by atoms with E-state index in [1.165, 1.54) is 13.8 Å². The lowest BCUT2D eigenvalue weighted by Crippen LogP contribution is -2.26. The van der Waals surface area contributed by atoms with Crippen LogP contribution in [0.4, 0.5) is 0 Å². The van der Waals surface area contributed by atoms with Gasteiger partial charge in [0, 0.05) is 11.3 Å². The van der Waals surface area contributed by atoms with Gasteiger partial charge in [0.15, 0.2) is 5.66 Å². The number of carboxylic acid groups (broad SMARTS) is 1. The molecule has 0 aliphatic rings. The minimum absolute atomic E-state index is 0.0134. The molecular formula is C8H16NO7P. The third kappa shape index (κ3) is 5.25. The summed E-state index contributed by atoms with van der Waals surface area (Å²) in [6, 6.07) is 0. The summed E-state index contributed by atoms with van der Waals surface area (Å²) >= 11 is 0. The third-order valence-corrected chi connectivity index (χ3v) is 4.35. The molecule has 0 aromatic carbocycles. The summed E-state index contributed by atoms with van der Waals surface area (Å²) in [5.41, 5.74) is -1.51. The Kier molecular flexibility index (Phi) is 6.94. The zero-order valence-corrected chi connectivity index (χ0v) is 10.6. The normalized spacial score (nSPS) is 13.3. The van der Waals surface area contributed by atoms with Crippen LogP contribution in [0.2, 0.25) is 0 Å². The van der Waals surface area contributed by atoms with Crippen LogP contribution in [-0.2, 0) is 18.4 Å². The Bertz CT molecular complexity index is 309. The monoisotopic (exact) mass is 269 g/mol. The Labute approximate surface area is 98.6 Å². The van der Waals surface area contributed by atoms with Gasteiger partial charge in [-0.2, -0.15) is 0 Å². The van der Waals surface area contributed by atoms with E-state index < -0.39 is 30.7 Å². The Balaban J connectivity index is 4.89. The number of nitrogens with zero attached hydrogens (tertiary/aromatic N) is 1. The highest BCUT2D eigenvalue weighted by molar-refractivity contribution is 7.55. The number of aliphatic carboxylic acids is 1. The molecule has 0 aromatic rings. The summed E-state index contributed by atoms with van der Waals surface area (Å²) in [5, 5.41) is 19.1. The fourth-order valence-electron chi connectivity index (χ4n) is 1.22. The van der Waals surface area contributed by atoms with E-state index >= 15 is 0 Å². The van der Waals surface area contributed by atoms with Gasteiger partial charge in [0.25, 0.3) is 0 Å². The van der Waals surface area contributed by atoms with E-state index in [1.54, 1.807) is 0 Å². The van der Waals surface area contributed by atoms with Gasteiger partial charge in [0.05, 0.1) is 13.2 Å². The molecule has 0 bridgehead atoms. The summed E-state index contributed by atoms with van der Waals surface area (Å²) in [5.74, 6) is -1.42. The Morgan fingerprint density at radius 1 is 1.41 bits per heavy atom. The number of hydrogen-bond donors (Lipinski definition) is 1. The second kappa shape index (κ2) is 7.37. The minimum atomic E-state index is -3.85. The lowest BCUT2D eigenvalue weighted by Gasteiger charge is -2.22. The van der Waals surface area contributed by atoms with Crippen molar-refractivity contribution in [1.82, 2.24) is 0 Å². The zero-order chi connectivity index (χ0) is 13.5. The van der Waals surface area contributed by atoms with E-state index in [2.05, 4.69) is 0 Å². The molecule has 0 fully saturated rings. The van der Waals surface area contributed by atoms with Crippen LogP contribution in [0, 0.1) is 10.1 Å². The van der Waals surface area contributed by atoms with Gasteiger partial charge >= 0.3 is 13.6 Å². The van der Waals surface area contributed by atoms with Crippen molar-refractivity contribution in [1.29, 1.82) is 0 Å². The molecule has 0 amide bonds. The van der Waals surface area contributed by atoms with Gasteiger partial charge in [-0.3, -0.25) is 19.5 Å². The zero-order valence-electron chi connectivity index (χ0n) is 9.70. The van der Waals surface area contributed by atoms with Gasteiger partial charge in [0.1, 0.15) is 0 Å². The maximum Gasteiger partial charge on any atom is 0.345 e. The summed E-state index contributed by atoms with van der Waals surface area (Å²) in [6.07, 6.45) is -0.389. The van der Waals surface area contributed by atoms with Crippen molar-refractivity contribution >= 4 is 13.6 Å². The van der Waals surface area contributed by atoms with Gasteiger partial charge in [-0.1, -0.05) is 0 Å². The van der Waals surface area contributed by atoms with Gasteiger partial charge in [0.2, 0.25) is 6.54 Å². The highest BCUT2D eigenvalue weighted by Crippen LogP contribution is 2.54. The molecule has 0 radical (unpaired) electrons. The smallest absolute Gasteiger partial charge is 0.345 e. The van der Waals surface area contributed by atoms with Crippen molar-refractivity contribution in [2.45, 2.75) is 25.9 Å². The summed E-state index contributed by atoms with van der Waals surface area (Å²) in [7, 11) is -3.85. The molecule has 0 spiro atoms. The summed E-state index contributed by atoms with van der Waals surface area (Å²) in [6.45, 7) is 2.51. The molecule has 0 rings (SSSR count). The van der Waals surface area contributed by atoms with E-state index in [9.17, 15) is 19.5 Å². The molecule has 0 aliphatic heterocycles. The molecule has 0 saturated heterocycles. The summed E-state index contributed by atoms with van der Waals surface area (Å²) in [4.78, 5) is 20.5. The first-order valence-corrected chi connectivity index (χ1v) is 6.72. The maximum atomic E-state index is 12.1. The van der Waals surface area contributed by atoms with Crippen LogP contribution in [0.1, 0.15) is 20.3 Å². The fourth-order valence-corrected chi connectivity index (χ4v) is 3.08. The average Bonchev–Trinajstić information content (AvgIpc) is 2.17. The quantitative estimate of drug-likeness (QED) is 0.381. The topological polar surface area (TPSA) is 116 Å². The lowest BCUT2D eigenvalue weighted by molar-refractivity contribution is -0.480. The van der Waals surface area contributed by atoms with E-state index in [0.717, 1.165) is 0 Å². The number of carboxylic acids is 1. The van der Waals surface area contributed by atoms with E-state index in [-0.39, 0.29) is 19.6 Å². The number of rotatable bonds is 9. The predicted molar refractivity (Wildman–Crippen MR) is 58.8 cm³/mol. The highest BCUT2D eigenvalue weighted by Gasteiger charge is 2.41. The van der Waals surface area contributed by atoms with Crippen LogP contribution >= 0.6 is 7.60 Å². The van der Waals surface area contributed by atoms with Crippen molar-refractivity contribution in [3.05, 3.63) is 10.1 Å². The Morgan fingerprint density at radius 3 is 2.18 bits per heavy atom. The minimum Gasteiger partial charge on any atom is -0.481 e. The number of hydrogen-bond acceptors (Lipinski definition) is 6. The number of carbonyl (C=O) groups is 1. The predicted octanol–water partition coefficient (Wildman–Crippen LogP) is 1.37. The molecule has 1 unspecified atom stereocenters. The molecule has 0 saturated carbocycles. The SMILES string of the molecule is CCOP(=O)(OCC)C(CC[N+](=O)[O-])C(=O)O. The van der Waals surface area contributed by atoms with Crippen LogP contribution in [0.15, 0.2) is 0 Å². The standard InChI is InChI=1S/C8H16NO7P/c1-3-15-17(14,16-4-2)7(8(10)11)5-6-9(12)13/h7H,3-6H2,1-2H3,(H,10,11). The van der Waals surface area contributed by atoms with Crippen LogP contribution in [0.25, 0.3) is 0 Å². The summed E-state index contributed by atoms with van der Waals surface area (Å²) < 4.78 is 21.8. The molecule has 17 heavy (non-hydrogen) atoms. The average molecular weight is 269 g/mol. The molecule has 8 nitrogen and oxygen atoms in total. The van der Waals surface area contributed by atoms with Crippen molar-refractivity contribution < 1.29 is 28.4 Å².